The van der Waals surface area contributed by atoms with Crippen LogP contribution in [0.2, 0.25) is 0 Å². The van der Waals surface area contributed by atoms with Crippen molar-refractivity contribution in [1.29, 1.82) is 0 Å². The molecule has 0 radical (unpaired) electrons. The lowest BCUT2D eigenvalue weighted by atomic mass is 10.0. The Morgan fingerprint density at radius 1 is 0.786 bits per heavy atom. The highest BCUT2D eigenvalue weighted by Gasteiger charge is 2.30. The Hall–Kier alpha value is -4.50. The Labute approximate surface area is 240 Å². The first-order valence-electron chi connectivity index (χ1n) is 13.7. The summed E-state index contributed by atoms with van der Waals surface area (Å²) in [4.78, 5) is 21.9. The summed E-state index contributed by atoms with van der Waals surface area (Å²) in [6.07, 6.45) is -2.35. The van der Waals surface area contributed by atoms with Crippen LogP contribution in [0.5, 0.6) is 0 Å². The number of carbonyl (C=O) groups excluding carboxylic acids is 1. The lowest BCUT2D eigenvalue weighted by molar-refractivity contribution is -0.137. The second-order valence-corrected chi connectivity index (χ2v) is 10.5. The van der Waals surface area contributed by atoms with Crippen molar-refractivity contribution in [2.24, 2.45) is 0 Å². The molecule has 1 fully saturated rings. The number of alkyl halides is 3. The topological polar surface area (TPSA) is 40.9 Å². The predicted octanol–water partition coefficient (Wildman–Crippen LogP) is 6.71. The van der Waals surface area contributed by atoms with Crippen molar-refractivity contribution in [3.05, 3.63) is 120 Å². The second kappa shape index (κ2) is 11.4. The molecule has 42 heavy (non-hydrogen) atoms. The van der Waals surface area contributed by atoms with Crippen molar-refractivity contribution in [3.63, 3.8) is 0 Å². The zero-order valence-electron chi connectivity index (χ0n) is 22.7. The number of carbonyl (C=O) groups is 1. The third kappa shape index (κ3) is 5.92. The van der Waals surface area contributed by atoms with Gasteiger partial charge in [0.1, 0.15) is 11.5 Å². The normalized spacial score (nSPS) is 14.4. The minimum atomic E-state index is -4.43. The van der Waals surface area contributed by atoms with E-state index in [1.54, 1.807) is 24.3 Å². The number of benzene rings is 3. The van der Waals surface area contributed by atoms with Crippen molar-refractivity contribution in [3.8, 4) is 22.4 Å². The molecule has 3 aromatic carbocycles. The number of hydrogen-bond donors (Lipinski definition) is 0. The summed E-state index contributed by atoms with van der Waals surface area (Å²) in [5, 5.41) is 0. The van der Waals surface area contributed by atoms with E-state index in [1.165, 1.54) is 18.2 Å². The molecule has 0 aliphatic carbocycles. The van der Waals surface area contributed by atoms with Crippen molar-refractivity contribution in [2.75, 3.05) is 26.2 Å². The molecule has 0 atom stereocenters. The van der Waals surface area contributed by atoms with Gasteiger partial charge >= 0.3 is 6.18 Å². The second-order valence-electron chi connectivity index (χ2n) is 10.5. The molecule has 1 saturated heterocycles. The molecule has 1 aliphatic rings. The van der Waals surface area contributed by atoms with Crippen LogP contribution in [0.1, 0.15) is 16.8 Å². The first-order valence-corrected chi connectivity index (χ1v) is 13.7. The number of pyridine rings is 1. The van der Waals surface area contributed by atoms with Gasteiger partial charge in [0.2, 0.25) is 5.91 Å². The molecule has 214 valence electrons. The number of aromatic nitrogens is 2. The maximum atomic E-state index is 13.4. The molecule has 0 saturated carbocycles. The number of fused-ring (bicyclic) bond motifs is 1. The zero-order valence-corrected chi connectivity index (χ0v) is 22.7. The van der Waals surface area contributed by atoms with Gasteiger partial charge in [-0.05, 0) is 53.1 Å². The third-order valence-corrected chi connectivity index (χ3v) is 7.65. The highest BCUT2D eigenvalue weighted by Crippen LogP contribution is 2.33. The van der Waals surface area contributed by atoms with Gasteiger partial charge < -0.3 is 9.30 Å². The van der Waals surface area contributed by atoms with E-state index in [-0.39, 0.29) is 18.1 Å². The van der Waals surface area contributed by atoms with E-state index in [0.717, 1.165) is 34.6 Å². The predicted molar refractivity (Wildman–Crippen MR) is 153 cm³/mol. The van der Waals surface area contributed by atoms with Gasteiger partial charge in [0.15, 0.2) is 0 Å². The number of nitrogens with zero attached hydrogens (tertiary/aromatic N) is 4. The molecule has 1 aliphatic heterocycles. The molecule has 1 amide bonds. The SMILES string of the molecule is O=C(Cc1ccc(F)cc1)N1CCN(Cc2c(-c3ccccc3)nc3ccc(-c4cccc(C(F)(F)F)c4)cn23)CC1. The number of imidazole rings is 1. The van der Waals surface area contributed by atoms with Crippen molar-refractivity contribution < 1.29 is 22.4 Å². The van der Waals surface area contributed by atoms with E-state index in [4.69, 9.17) is 4.98 Å². The van der Waals surface area contributed by atoms with Gasteiger partial charge in [-0.15, -0.1) is 0 Å². The Bertz CT molecular complexity index is 1710. The standard InChI is InChI=1S/C33H28F4N4O/c34-28-12-9-23(10-13-28)19-31(42)40-17-15-39(16-18-40)22-29-32(24-5-2-1-3-6-24)38-30-14-11-26(21-41(29)30)25-7-4-8-27(20-25)33(35,36)37/h1-14,20-21H,15-19,22H2. The van der Waals surface area contributed by atoms with Crippen molar-refractivity contribution in [2.45, 2.75) is 19.1 Å². The van der Waals surface area contributed by atoms with Crippen molar-refractivity contribution >= 4 is 11.6 Å². The van der Waals surface area contributed by atoms with Gasteiger partial charge in [-0.3, -0.25) is 9.69 Å². The number of amides is 1. The van der Waals surface area contributed by atoms with Gasteiger partial charge in [-0.25, -0.2) is 9.37 Å². The maximum absolute atomic E-state index is 13.4. The van der Waals surface area contributed by atoms with E-state index in [1.807, 2.05) is 51.9 Å². The van der Waals surface area contributed by atoms with Crippen molar-refractivity contribution in [1.82, 2.24) is 19.2 Å². The minimum absolute atomic E-state index is 0.00626. The van der Waals surface area contributed by atoms with Crippen LogP contribution in [0, 0.1) is 5.82 Å². The van der Waals surface area contributed by atoms with E-state index in [2.05, 4.69) is 4.90 Å². The Morgan fingerprint density at radius 2 is 1.50 bits per heavy atom. The summed E-state index contributed by atoms with van der Waals surface area (Å²) >= 11 is 0. The van der Waals surface area contributed by atoms with Gasteiger partial charge in [-0.2, -0.15) is 13.2 Å². The summed E-state index contributed by atoms with van der Waals surface area (Å²) in [7, 11) is 0. The molecular formula is C33H28F4N4O. The zero-order chi connectivity index (χ0) is 29.3. The molecule has 3 heterocycles. The molecule has 9 heteroatoms. The summed E-state index contributed by atoms with van der Waals surface area (Å²) < 4.78 is 55.4. The minimum Gasteiger partial charge on any atom is -0.340 e. The molecule has 0 bridgehead atoms. The number of rotatable bonds is 6. The third-order valence-electron chi connectivity index (χ3n) is 7.65. The van der Waals surface area contributed by atoms with Crippen LogP contribution in [0.25, 0.3) is 28.0 Å². The average Bonchev–Trinajstić information content (AvgIpc) is 3.36. The van der Waals surface area contributed by atoms with Crippen LogP contribution in [0.3, 0.4) is 0 Å². The lowest BCUT2D eigenvalue weighted by Crippen LogP contribution is -2.48. The Morgan fingerprint density at radius 3 is 2.21 bits per heavy atom. The van der Waals surface area contributed by atoms with Crippen LogP contribution in [-0.4, -0.2) is 51.3 Å². The lowest BCUT2D eigenvalue weighted by Gasteiger charge is -2.35. The molecule has 2 aromatic heterocycles. The first kappa shape index (κ1) is 27.7. The van der Waals surface area contributed by atoms with E-state index < -0.39 is 11.7 Å². The molecule has 0 spiro atoms. The van der Waals surface area contributed by atoms with E-state index >= 15 is 0 Å². The largest absolute Gasteiger partial charge is 0.416 e. The molecule has 0 unspecified atom stereocenters. The number of hydrogen-bond acceptors (Lipinski definition) is 3. The number of piperazine rings is 1. The fraction of sp³-hybridized carbons (Fsp3) is 0.212. The summed E-state index contributed by atoms with van der Waals surface area (Å²) in [5.74, 6) is -0.323. The molecule has 5 nitrogen and oxygen atoms in total. The van der Waals surface area contributed by atoms with Crippen LogP contribution in [-0.2, 0) is 23.9 Å². The van der Waals surface area contributed by atoms with Crippen LogP contribution in [0.15, 0.2) is 97.2 Å². The highest BCUT2D eigenvalue weighted by atomic mass is 19.4. The van der Waals surface area contributed by atoms with Crippen LogP contribution >= 0.6 is 0 Å². The smallest absolute Gasteiger partial charge is 0.340 e. The van der Waals surface area contributed by atoms with Gasteiger partial charge in [-0.1, -0.05) is 54.6 Å². The van der Waals surface area contributed by atoms with Gasteiger partial charge in [0.05, 0.1) is 23.4 Å². The monoisotopic (exact) mass is 572 g/mol. The average molecular weight is 573 g/mol. The molecule has 6 rings (SSSR count). The fourth-order valence-corrected chi connectivity index (χ4v) is 5.37. The molecular weight excluding hydrogens is 544 g/mol. The van der Waals surface area contributed by atoms with E-state index in [9.17, 15) is 22.4 Å². The Kier molecular flexibility index (Phi) is 7.51. The van der Waals surface area contributed by atoms with Crippen LogP contribution in [0.4, 0.5) is 17.6 Å². The summed E-state index contributed by atoms with van der Waals surface area (Å²) in [6.45, 7) is 2.99. The van der Waals surface area contributed by atoms with Crippen LogP contribution < -0.4 is 0 Å². The Balaban J connectivity index is 1.26. The van der Waals surface area contributed by atoms with Gasteiger partial charge in [0, 0.05) is 44.5 Å². The maximum Gasteiger partial charge on any atom is 0.416 e. The summed E-state index contributed by atoms with van der Waals surface area (Å²) in [6, 6.07) is 24.8. The van der Waals surface area contributed by atoms with E-state index in [0.29, 0.717) is 49.5 Å². The first-order chi connectivity index (χ1) is 20.2. The highest BCUT2D eigenvalue weighted by molar-refractivity contribution is 5.79. The molecule has 5 aromatic rings. The number of halogens is 4. The fourth-order valence-electron chi connectivity index (χ4n) is 5.37. The van der Waals surface area contributed by atoms with Gasteiger partial charge in [0.25, 0.3) is 0 Å². The molecule has 0 N–H and O–H groups in total. The summed E-state index contributed by atoms with van der Waals surface area (Å²) in [5.41, 5.74) is 4.60. The quantitative estimate of drug-likeness (QED) is 0.212.